The van der Waals surface area contributed by atoms with E-state index in [1.54, 1.807) is 36.5 Å². The number of halogens is 3. The Balaban J connectivity index is 1.47. The van der Waals surface area contributed by atoms with Crippen molar-refractivity contribution < 1.29 is 9.21 Å². The van der Waals surface area contributed by atoms with Crippen molar-refractivity contribution in [1.29, 1.82) is 5.26 Å². The van der Waals surface area contributed by atoms with Crippen LogP contribution in [0.3, 0.4) is 0 Å². The zero-order valence-electron chi connectivity index (χ0n) is 16.8. The van der Waals surface area contributed by atoms with E-state index in [1.807, 2.05) is 30.3 Å². The summed E-state index contributed by atoms with van der Waals surface area (Å²) in [6.45, 7) is 0. The zero-order valence-corrected chi connectivity index (χ0v) is 19.9. The van der Waals surface area contributed by atoms with E-state index in [1.165, 1.54) is 17.4 Å². The lowest BCUT2D eigenvalue weighted by Gasteiger charge is -2.02. The summed E-state index contributed by atoms with van der Waals surface area (Å²) < 4.78 is 5.74. The average Bonchev–Trinajstić information content (AvgIpc) is 3.43. The third-order valence-corrected chi connectivity index (χ3v) is 6.50. The molecule has 0 saturated heterocycles. The number of nitrogens with one attached hydrogen (secondary N) is 1. The van der Waals surface area contributed by atoms with Crippen LogP contribution in [0.1, 0.15) is 16.2 Å². The van der Waals surface area contributed by atoms with Gasteiger partial charge in [-0.1, -0.05) is 53.0 Å². The van der Waals surface area contributed by atoms with E-state index in [4.69, 9.17) is 39.2 Å². The van der Waals surface area contributed by atoms with Crippen LogP contribution in [-0.2, 0) is 11.2 Å². The summed E-state index contributed by atoms with van der Waals surface area (Å²) in [4.78, 5) is 17.8. The fourth-order valence-electron chi connectivity index (χ4n) is 3.02. The van der Waals surface area contributed by atoms with Gasteiger partial charge in [-0.15, -0.1) is 11.3 Å². The third-order valence-electron chi connectivity index (χ3n) is 4.54. The fourth-order valence-corrected chi connectivity index (χ4v) is 4.47. The maximum Gasteiger partial charge on any atom is 0.268 e. The van der Waals surface area contributed by atoms with Crippen molar-refractivity contribution in [2.24, 2.45) is 0 Å². The molecular formula is C24H14Cl3N3O2S. The van der Waals surface area contributed by atoms with E-state index in [-0.39, 0.29) is 5.57 Å². The van der Waals surface area contributed by atoms with Crippen molar-refractivity contribution >= 4 is 63.3 Å². The number of nitrogens with zero attached hydrogens (tertiary/aromatic N) is 2. The molecule has 0 saturated carbocycles. The van der Waals surface area contributed by atoms with Gasteiger partial charge in [0, 0.05) is 34.2 Å². The van der Waals surface area contributed by atoms with Gasteiger partial charge in [-0.2, -0.15) is 5.26 Å². The molecule has 4 rings (SSSR count). The summed E-state index contributed by atoms with van der Waals surface area (Å²) in [5.41, 5.74) is 1.52. The lowest BCUT2D eigenvalue weighted by molar-refractivity contribution is -0.112. The molecule has 2 heterocycles. The van der Waals surface area contributed by atoms with Crippen molar-refractivity contribution in [3.63, 3.8) is 0 Å². The van der Waals surface area contributed by atoms with E-state index in [2.05, 4.69) is 10.3 Å². The van der Waals surface area contributed by atoms with E-state index in [0.29, 0.717) is 43.7 Å². The van der Waals surface area contributed by atoms with Crippen LogP contribution >= 0.6 is 46.1 Å². The molecule has 0 aliphatic carbocycles. The summed E-state index contributed by atoms with van der Waals surface area (Å²) >= 11 is 19.6. The summed E-state index contributed by atoms with van der Waals surface area (Å²) in [6.07, 6.45) is 3.68. The molecule has 0 aliphatic rings. The van der Waals surface area contributed by atoms with Crippen molar-refractivity contribution in [3.8, 4) is 17.4 Å². The minimum Gasteiger partial charge on any atom is -0.457 e. The predicted molar refractivity (Wildman–Crippen MR) is 133 cm³/mol. The normalized spacial score (nSPS) is 11.3. The van der Waals surface area contributed by atoms with Gasteiger partial charge in [0.05, 0.1) is 10.0 Å². The number of hydrogen-bond acceptors (Lipinski definition) is 5. The van der Waals surface area contributed by atoms with Gasteiger partial charge < -0.3 is 4.42 Å². The largest absolute Gasteiger partial charge is 0.457 e. The second kappa shape index (κ2) is 10.2. The van der Waals surface area contributed by atoms with Crippen molar-refractivity contribution in [2.45, 2.75) is 6.42 Å². The summed E-state index contributed by atoms with van der Waals surface area (Å²) in [6, 6.07) is 18.0. The Labute approximate surface area is 208 Å². The second-order valence-corrected chi connectivity index (χ2v) is 9.20. The molecule has 0 unspecified atom stereocenters. The number of carbonyl (C=O) groups excluding carboxylic acids is 1. The van der Waals surface area contributed by atoms with Gasteiger partial charge in [0.15, 0.2) is 5.13 Å². The summed E-state index contributed by atoms with van der Waals surface area (Å²) in [5, 5.41) is 13.9. The first-order valence-corrected chi connectivity index (χ1v) is 11.5. The number of furan rings is 1. The van der Waals surface area contributed by atoms with Crippen molar-refractivity contribution in [3.05, 3.63) is 97.6 Å². The molecule has 164 valence electrons. The first-order valence-electron chi connectivity index (χ1n) is 9.59. The number of anilines is 1. The Morgan fingerprint density at radius 1 is 1.15 bits per heavy atom. The second-order valence-electron chi connectivity index (χ2n) is 6.87. The highest BCUT2D eigenvalue weighted by Crippen LogP contribution is 2.34. The molecule has 0 fully saturated rings. The number of carbonyl (C=O) groups is 1. The Kier molecular flexibility index (Phi) is 7.17. The molecule has 33 heavy (non-hydrogen) atoms. The van der Waals surface area contributed by atoms with Gasteiger partial charge in [0.2, 0.25) is 0 Å². The molecule has 0 spiro atoms. The van der Waals surface area contributed by atoms with E-state index in [0.717, 1.165) is 10.4 Å². The quantitative estimate of drug-likeness (QED) is 0.213. The minimum atomic E-state index is -0.583. The molecule has 0 bridgehead atoms. The average molecular weight is 515 g/mol. The molecule has 9 heteroatoms. The molecule has 5 nitrogen and oxygen atoms in total. The maximum atomic E-state index is 12.6. The monoisotopic (exact) mass is 513 g/mol. The van der Waals surface area contributed by atoms with Gasteiger partial charge in [0.1, 0.15) is 23.2 Å². The Morgan fingerprint density at radius 3 is 2.76 bits per heavy atom. The van der Waals surface area contributed by atoms with E-state index < -0.39 is 5.91 Å². The van der Waals surface area contributed by atoms with Crippen LogP contribution in [-0.4, -0.2) is 10.9 Å². The van der Waals surface area contributed by atoms with Crippen LogP contribution in [0, 0.1) is 11.3 Å². The first kappa shape index (κ1) is 23.1. The van der Waals surface area contributed by atoms with Gasteiger partial charge in [-0.25, -0.2) is 4.98 Å². The van der Waals surface area contributed by atoms with Crippen molar-refractivity contribution in [1.82, 2.24) is 4.98 Å². The van der Waals surface area contributed by atoms with Crippen LogP contribution in [0.25, 0.3) is 17.4 Å². The zero-order chi connectivity index (χ0) is 23.4. The molecule has 0 radical (unpaired) electrons. The number of hydrogen-bond donors (Lipinski definition) is 1. The summed E-state index contributed by atoms with van der Waals surface area (Å²) in [7, 11) is 0. The SMILES string of the molecule is N#C/C(=C\c1ccc(-c2cccc(Cl)c2Cl)o1)C(=O)Nc1ncc(Cc2cccc(Cl)c2)s1. The van der Waals surface area contributed by atoms with Crippen LogP contribution < -0.4 is 5.32 Å². The van der Waals surface area contributed by atoms with Crippen molar-refractivity contribution in [2.75, 3.05) is 5.32 Å². The highest BCUT2D eigenvalue weighted by molar-refractivity contribution is 7.15. The Hall–Kier alpha value is -3.08. The third kappa shape index (κ3) is 5.65. The molecule has 1 N–H and O–H groups in total. The number of thiazole rings is 1. The van der Waals surface area contributed by atoms with Crippen LogP contribution in [0.5, 0.6) is 0 Å². The Morgan fingerprint density at radius 2 is 1.97 bits per heavy atom. The van der Waals surface area contributed by atoms with E-state index >= 15 is 0 Å². The smallest absolute Gasteiger partial charge is 0.268 e. The standard InChI is InChI=1S/C24H14Cl3N3O2S/c25-16-4-1-3-14(9-16)10-18-13-29-24(33-18)30-23(31)15(12-28)11-17-7-8-21(32-17)19-5-2-6-20(26)22(19)27/h1-9,11,13H,10H2,(H,29,30,31)/b15-11+. The molecule has 2 aromatic carbocycles. The predicted octanol–water partition coefficient (Wildman–Crippen LogP) is 7.50. The topological polar surface area (TPSA) is 78.9 Å². The highest BCUT2D eigenvalue weighted by Gasteiger charge is 2.15. The molecule has 4 aromatic rings. The molecule has 2 aromatic heterocycles. The number of rotatable bonds is 6. The van der Waals surface area contributed by atoms with Gasteiger partial charge in [0.25, 0.3) is 5.91 Å². The summed E-state index contributed by atoms with van der Waals surface area (Å²) in [5.74, 6) is 0.213. The van der Waals surface area contributed by atoms with Gasteiger partial charge in [-0.3, -0.25) is 10.1 Å². The number of benzene rings is 2. The number of amides is 1. The maximum absolute atomic E-state index is 12.6. The lowest BCUT2D eigenvalue weighted by Crippen LogP contribution is -2.13. The van der Waals surface area contributed by atoms with Gasteiger partial charge in [-0.05, 0) is 42.0 Å². The van der Waals surface area contributed by atoms with Gasteiger partial charge >= 0.3 is 0 Å². The highest BCUT2D eigenvalue weighted by atomic mass is 35.5. The molecule has 0 aliphatic heterocycles. The molecule has 1 amide bonds. The fraction of sp³-hybridized carbons (Fsp3) is 0.0417. The minimum absolute atomic E-state index is 0.125. The molecule has 0 atom stereocenters. The lowest BCUT2D eigenvalue weighted by atomic mass is 10.1. The Bertz CT molecular complexity index is 1400. The van der Waals surface area contributed by atoms with Crippen LogP contribution in [0.4, 0.5) is 5.13 Å². The number of aromatic nitrogens is 1. The number of nitriles is 1. The first-order chi connectivity index (χ1) is 15.9. The van der Waals surface area contributed by atoms with Crippen LogP contribution in [0.15, 0.2) is 70.8 Å². The van der Waals surface area contributed by atoms with E-state index in [9.17, 15) is 10.1 Å². The molecular weight excluding hydrogens is 501 g/mol. The van der Waals surface area contributed by atoms with Crippen LogP contribution in [0.2, 0.25) is 15.1 Å².